The van der Waals surface area contributed by atoms with E-state index in [0.29, 0.717) is 18.7 Å². The Morgan fingerprint density at radius 2 is 1.85 bits per heavy atom. The van der Waals surface area contributed by atoms with Crippen LogP contribution in [0.3, 0.4) is 0 Å². The maximum Gasteiger partial charge on any atom is 0.340 e. The Balaban J connectivity index is 2.25. The van der Waals surface area contributed by atoms with Crippen molar-refractivity contribution in [3.05, 3.63) is 64.4 Å². The molecule has 2 aromatic rings. The molecule has 0 spiro atoms. The van der Waals surface area contributed by atoms with Crippen molar-refractivity contribution in [2.24, 2.45) is 0 Å². The van der Waals surface area contributed by atoms with Crippen LogP contribution >= 0.6 is 11.6 Å². The molecule has 2 rings (SSSR count). The average molecular weight is 400 g/mol. The highest BCUT2D eigenvalue weighted by Crippen LogP contribution is 2.24. The van der Waals surface area contributed by atoms with Gasteiger partial charge in [0.15, 0.2) is 0 Å². The van der Waals surface area contributed by atoms with Crippen LogP contribution in [0.2, 0.25) is 5.02 Å². The van der Waals surface area contributed by atoms with Crippen molar-refractivity contribution in [1.29, 1.82) is 0 Å². The molecule has 0 saturated carbocycles. The van der Waals surface area contributed by atoms with Crippen molar-refractivity contribution in [3.8, 4) is 0 Å². The Bertz CT molecular complexity index is 898. The van der Waals surface area contributed by atoms with E-state index in [4.69, 9.17) is 16.3 Å². The lowest BCUT2D eigenvalue weighted by atomic mass is 10.2. The summed E-state index contributed by atoms with van der Waals surface area (Å²) in [5, 5.41) is 0.0766. The zero-order chi connectivity index (χ0) is 19.3. The minimum atomic E-state index is -3.73. The number of hydrogen-bond donors (Lipinski definition) is 0. The van der Waals surface area contributed by atoms with Crippen LogP contribution in [-0.2, 0) is 21.4 Å². The van der Waals surface area contributed by atoms with E-state index in [1.807, 2.05) is 0 Å². The quantitative estimate of drug-likeness (QED) is 0.663. The summed E-state index contributed by atoms with van der Waals surface area (Å²) in [6.07, 6.45) is 0. The molecule has 0 aromatic heterocycles. The first kappa shape index (κ1) is 20.4. The van der Waals surface area contributed by atoms with E-state index in [-0.39, 0.29) is 22.1 Å². The number of rotatable bonds is 7. The van der Waals surface area contributed by atoms with E-state index in [1.165, 1.54) is 40.7 Å². The molecule has 0 heterocycles. The second-order valence-electron chi connectivity index (χ2n) is 5.44. The molecule has 0 aliphatic carbocycles. The van der Waals surface area contributed by atoms with Crippen molar-refractivity contribution in [2.45, 2.75) is 25.3 Å². The number of ether oxygens (including phenoxy) is 1. The van der Waals surface area contributed by atoms with Gasteiger partial charge in [0.1, 0.15) is 12.4 Å². The van der Waals surface area contributed by atoms with Gasteiger partial charge in [-0.3, -0.25) is 0 Å². The molecule has 0 bridgehead atoms. The first-order valence-electron chi connectivity index (χ1n) is 8.00. The molecule has 5 nitrogen and oxygen atoms in total. The van der Waals surface area contributed by atoms with E-state index < -0.39 is 21.8 Å². The summed E-state index contributed by atoms with van der Waals surface area (Å²) >= 11 is 6.03. The maximum absolute atomic E-state index is 13.2. The zero-order valence-corrected chi connectivity index (χ0v) is 16.0. The van der Waals surface area contributed by atoms with E-state index in [9.17, 15) is 17.6 Å². The molecule has 0 radical (unpaired) electrons. The predicted molar refractivity (Wildman–Crippen MR) is 97.1 cm³/mol. The molecule has 0 N–H and O–H groups in total. The Labute approximate surface area is 157 Å². The third kappa shape index (κ3) is 4.60. The van der Waals surface area contributed by atoms with Gasteiger partial charge >= 0.3 is 5.97 Å². The summed E-state index contributed by atoms with van der Waals surface area (Å²) in [7, 11) is -3.73. The Kier molecular flexibility index (Phi) is 6.75. The summed E-state index contributed by atoms with van der Waals surface area (Å²) in [5.74, 6) is -1.22. The molecule has 0 atom stereocenters. The first-order chi connectivity index (χ1) is 12.3. The summed E-state index contributed by atoms with van der Waals surface area (Å²) in [4.78, 5) is 12.3. The van der Waals surface area contributed by atoms with E-state index >= 15 is 0 Å². The lowest BCUT2D eigenvalue weighted by Crippen LogP contribution is -2.30. The number of sulfonamides is 1. The van der Waals surface area contributed by atoms with Crippen LogP contribution in [0.1, 0.15) is 29.8 Å². The van der Waals surface area contributed by atoms with Crippen LogP contribution in [0.15, 0.2) is 47.4 Å². The van der Waals surface area contributed by atoms with Crippen molar-refractivity contribution in [1.82, 2.24) is 4.31 Å². The molecule has 0 saturated heterocycles. The van der Waals surface area contributed by atoms with Gasteiger partial charge in [0.05, 0.1) is 15.5 Å². The highest BCUT2D eigenvalue weighted by Gasteiger charge is 2.24. The smallest absolute Gasteiger partial charge is 0.340 e. The lowest BCUT2D eigenvalue weighted by molar-refractivity contribution is 0.0472. The second-order valence-corrected chi connectivity index (χ2v) is 7.78. The standard InChI is InChI=1S/C18H19ClFNO4S/c1-3-21(4-2)26(23,24)15-8-9-17(19)16(11-15)18(22)25-12-13-6-5-7-14(20)10-13/h5-11H,3-4,12H2,1-2H3. The van der Waals surface area contributed by atoms with Crippen LogP contribution in [0, 0.1) is 5.82 Å². The summed E-state index contributed by atoms with van der Waals surface area (Å²) in [5.41, 5.74) is 0.415. The van der Waals surface area contributed by atoms with Gasteiger partial charge in [-0.2, -0.15) is 4.31 Å². The summed E-state index contributed by atoms with van der Waals surface area (Å²) in [6, 6.07) is 9.53. The maximum atomic E-state index is 13.2. The topological polar surface area (TPSA) is 63.7 Å². The molecule has 26 heavy (non-hydrogen) atoms. The van der Waals surface area contributed by atoms with E-state index in [2.05, 4.69) is 0 Å². The second kappa shape index (κ2) is 8.62. The molecule has 0 aliphatic rings. The van der Waals surface area contributed by atoms with Gasteiger partial charge in [-0.15, -0.1) is 0 Å². The molecular weight excluding hydrogens is 381 g/mol. The number of esters is 1. The largest absolute Gasteiger partial charge is 0.457 e. The third-order valence-corrected chi connectivity index (χ3v) is 6.14. The Morgan fingerprint density at radius 3 is 2.46 bits per heavy atom. The fraction of sp³-hybridized carbons (Fsp3) is 0.278. The number of nitrogens with zero attached hydrogens (tertiary/aromatic N) is 1. The summed E-state index contributed by atoms with van der Waals surface area (Å²) < 4.78 is 44.8. The van der Waals surface area contributed by atoms with Crippen LogP contribution < -0.4 is 0 Å². The van der Waals surface area contributed by atoms with Crippen molar-refractivity contribution in [2.75, 3.05) is 13.1 Å². The van der Waals surface area contributed by atoms with Crippen molar-refractivity contribution < 1.29 is 22.3 Å². The zero-order valence-electron chi connectivity index (χ0n) is 14.4. The fourth-order valence-electron chi connectivity index (χ4n) is 2.39. The predicted octanol–water partition coefficient (Wildman–Crippen LogP) is 3.87. The Hall–Kier alpha value is -1.96. The van der Waals surface area contributed by atoms with Crippen LogP contribution in [-0.4, -0.2) is 31.8 Å². The van der Waals surface area contributed by atoms with Crippen LogP contribution in [0.25, 0.3) is 0 Å². The lowest BCUT2D eigenvalue weighted by Gasteiger charge is -2.19. The minimum Gasteiger partial charge on any atom is -0.457 e. The van der Waals surface area contributed by atoms with Crippen LogP contribution in [0.5, 0.6) is 0 Å². The van der Waals surface area contributed by atoms with E-state index in [0.717, 1.165) is 0 Å². The highest BCUT2D eigenvalue weighted by atomic mass is 35.5. The monoisotopic (exact) mass is 399 g/mol. The number of benzene rings is 2. The molecular formula is C18H19ClFNO4S. The molecule has 0 aliphatic heterocycles. The third-order valence-electron chi connectivity index (χ3n) is 3.76. The number of halogens is 2. The molecule has 0 unspecified atom stereocenters. The van der Waals surface area contributed by atoms with E-state index in [1.54, 1.807) is 19.9 Å². The van der Waals surface area contributed by atoms with Gasteiger partial charge in [0, 0.05) is 13.1 Å². The van der Waals surface area contributed by atoms with Gasteiger partial charge in [-0.1, -0.05) is 37.6 Å². The molecule has 0 fully saturated rings. The number of carbonyl (C=O) groups excluding carboxylic acids is 1. The van der Waals surface area contributed by atoms with Crippen molar-refractivity contribution >= 4 is 27.6 Å². The Morgan fingerprint density at radius 1 is 1.15 bits per heavy atom. The van der Waals surface area contributed by atoms with Gasteiger partial charge in [0.2, 0.25) is 10.0 Å². The SMILES string of the molecule is CCN(CC)S(=O)(=O)c1ccc(Cl)c(C(=O)OCc2cccc(F)c2)c1. The van der Waals surface area contributed by atoms with Gasteiger partial charge < -0.3 is 4.74 Å². The first-order valence-corrected chi connectivity index (χ1v) is 9.82. The molecule has 2 aromatic carbocycles. The van der Waals surface area contributed by atoms with Gasteiger partial charge in [-0.05, 0) is 35.9 Å². The minimum absolute atomic E-state index is 0.0386. The normalized spacial score (nSPS) is 11.6. The molecule has 8 heteroatoms. The van der Waals surface area contributed by atoms with Gasteiger partial charge in [0.25, 0.3) is 0 Å². The number of carbonyl (C=O) groups is 1. The molecule has 0 amide bonds. The van der Waals surface area contributed by atoms with Gasteiger partial charge in [-0.25, -0.2) is 17.6 Å². The van der Waals surface area contributed by atoms with Crippen LogP contribution in [0.4, 0.5) is 4.39 Å². The average Bonchev–Trinajstić information content (AvgIpc) is 2.60. The fourth-order valence-corrected chi connectivity index (χ4v) is 4.07. The summed E-state index contributed by atoms with van der Waals surface area (Å²) in [6.45, 7) is 3.91. The molecule has 140 valence electrons. The van der Waals surface area contributed by atoms with Crippen molar-refractivity contribution in [3.63, 3.8) is 0 Å². The number of hydrogen-bond acceptors (Lipinski definition) is 4. The highest BCUT2D eigenvalue weighted by molar-refractivity contribution is 7.89.